The number of aromatic nitrogens is 1. The Morgan fingerprint density at radius 1 is 0.950 bits per heavy atom. The quantitative estimate of drug-likeness (QED) is 0.650. The summed E-state index contributed by atoms with van der Waals surface area (Å²) < 4.78 is 0. The van der Waals surface area contributed by atoms with Gasteiger partial charge in [-0.2, -0.15) is 5.10 Å². The highest BCUT2D eigenvalue weighted by Gasteiger charge is 1.89. The van der Waals surface area contributed by atoms with Crippen molar-refractivity contribution in [2.24, 2.45) is 5.10 Å². The molecule has 0 aliphatic carbocycles. The summed E-state index contributed by atoms with van der Waals surface area (Å²) in [6.07, 6.45) is 9.33. The molecule has 0 fully saturated rings. The second-order valence-electron chi connectivity index (χ2n) is 3.77. The fraction of sp³-hybridized carbons (Fsp3) is 0.176. The average Bonchev–Trinajstić information content (AvgIpc) is 2.52. The molecule has 0 saturated carbocycles. The average molecular weight is 267 g/mol. The van der Waals surface area contributed by atoms with Crippen molar-refractivity contribution in [3.8, 4) is 0 Å². The first-order valence-corrected chi connectivity index (χ1v) is 6.80. The van der Waals surface area contributed by atoms with Gasteiger partial charge in [0.1, 0.15) is 0 Å². The van der Waals surface area contributed by atoms with E-state index in [2.05, 4.69) is 21.6 Å². The van der Waals surface area contributed by atoms with E-state index in [9.17, 15) is 0 Å². The van der Waals surface area contributed by atoms with Gasteiger partial charge in [-0.25, -0.2) is 0 Å². The number of hydrogen-bond acceptors (Lipinski definition) is 3. The Bertz CT molecular complexity index is 528. The third-order valence-corrected chi connectivity index (χ3v) is 2.38. The van der Waals surface area contributed by atoms with Crippen LogP contribution in [0.2, 0.25) is 0 Å². The molecule has 0 unspecified atom stereocenters. The zero-order valence-electron chi connectivity index (χ0n) is 12.2. The lowest BCUT2D eigenvalue weighted by Gasteiger charge is -2.00. The second-order valence-corrected chi connectivity index (χ2v) is 3.77. The van der Waals surface area contributed by atoms with Gasteiger partial charge in [-0.1, -0.05) is 38.1 Å². The number of pyridine rings is 1. The highest BCUT2D eigenvalue weighted by atomic mass is 15.3. The zero-order valence-corrected chi connectivity index (χ0v) is 12.2. The molecule has 3 nitrogen and oxygen atoms in total. The van der Waals surface area contributed by atoms with Gasteiger partial charge in [-0.15, -0.1) is 0 Å². The number of benzene rings is 1. The molecule has 1 aromatic carbocycles. The Morgan fingerprint density at radius 2 is 1.60 bits per heavy atom. The first kappa shape index (κ1) is 15.6. The molecule has 1 N–H and O–H groups in total. The van der Waals surface area contributed by atoms with Crippen LogP contribution in [0.1, 0.15) is 31.9 Å². The van der Waals surface area contributed by atoms with Crippen molar-refractivity contribution < 1.29 is 0 Å². The van der Waals surface area contributed by atoms with Gasteiger partial charge in [0.15, 0.2) is 0 Å². The lowest BCUT2D eigenvalue weighted by molar-refractivity contribution is 1.31. The van der Waals surface area contributed by atoms with Crippen LogP contribution in [0.15, 0.2) is 60.0 Å². The summed E-state index contributed by atoms with van der Waals surface area (Å²) in [5.74, 6) is 0. The van der Waals surface area contributed by atoms with Crippen molar-refractivity contribution in [1.82, 2.24) is 4.98 Å². The van der Waals surface area contributed by atoms with E-state index >= 15 is 0 Å². The number of allylic oxidation sites excluding steroid dienone is 1. The number of nitrogens with zero attached hydrogens (tertiary/aromatic N) is 2. The molecule has 0 radical (unpaired) electrons. The predicted molar refractivity (Wildman–Crippen MR) is 88.0 cm³/mol. The SMILES string of the molecule is C/C=C/c1ccc(N/N=C/c2ccncc2)cc1.CC. The fourth-order valence-corrected chi connectivity index (χ4v) is 1.49. The molecule has 0 amide bonds. The molecule has 1 heterocycles. The molecule has 0 spiro atoms. The molecule has 20 heavy (non-hydrogen) atoms. The third-order valence-electron chi connectivity index (χ3n) is 2.38. The molecule has 2 aromatic rings. The van der Waals surface area contributed by atoms with E-state index in [4.69, 9.17) is 0 Å². The van der Waals surface area contributed by atoms with Crippen LogP contribution in [0.4, 0.5) is 5.69 Å². The minimum absolute atomic E-state index is 0.966. The van der Waals surface area contributed by atoms with Crippen LogP contribution in [0.3, 0.4) is 0 Å². The molecule has 0 bridgehead atoms. The topological polar surface area (TPSA) is 37.3 Å². The van der Waals surface area contributed by atoms with Crippen LogP contribution in [-0.2, 0) is 0 Å². The smallest absolute Gasteiger partial charge is 0.0562 e. The minimum Gasteiger partial charge on any atom is -0.279 e. The van der Waals surface area contributed by atoms with Crippen molar-refractivity contribution >= 4 is 18.0 Å². The lowest BCUT2D eigenvalue weighted by atomic mass is 10.2. The fourth-order valence-electron chi connectivity index (χ4n) is 1.49. The molecule has 2 rings (SSSR count). The van der Waals surface area contributed by atoms with Gasteiger partial charge >= 0.3 is 0 Å². The number of nitrogens with one attached hydrogen (secondary N) is 1. The van der Waals surface area contributed by atoms with Crippen molar-refractivity contribution in [3.63, 3.8) is 0 Å². The van der Waals surface area contributed by atoms with Crippen LogP contribution in [0.25, 0.3) is 6.08 Å². The molecular formula is C17H21N3. The van der Waals surface area contributed by atoms with Crippen LogP contribution >= 0.6 is 0 Å². The summed E-state index contributed by atoms with van der Waals surface area (Å²) in [4.78, 5) is 3.95. The van der Waals surface area contributed by atoms with Gasteiger partial charge in [-0.05, 0) is 42.3 Å². The van der Waals surface area contributed by atoms with Crippen molar-refractivity contribution in [2.45, 2.75) is 20.8 Å². The van der Waals surface area contributed by atoms with Gasteiger partial charge in [0.05, 0.1) is 11.9 Å². The predicted octanol–water partition coefficient (Wildman–Crippen LogP) is 4.59. The number of hydrazone groups is 1. The summed E-state index contributed by atoms with van der Waals surface area (Å²) in [5, 5.41) is 4.17. The Balaban J connectivity index is 0.000000956. The Hall–Kier alpha value is -2.42. The number of hydrogen-bond donors (Lipinski definition) is 1. The van der Waals surface area contributed by atoms with Crippen molar-refractivity contribution in [1.29, 1.82) is 0 Å². The summed E-state index contributed by atoms with van der Waals surface area (Å²) >= 11 is 0. The molecule has 0 saturated heterocycles. The summed E-state index contributed by atoms with van der Waals surface area (Å²) in [6, 6.07) is 11.9. The largest absolute Gasteiger partial charge is 0.279 e. The van der Waals surface area contributed by atoms with Gasteiger partial charge in [0, 0.05) is 12.4 Å². The monoisotopic (exact) mass is 267 g/mol. The van der Waals surface area contributed by atoms with E-state index < -0.39 is 0 Å². The zero-order chi connectivity index (χ0) is 14.6. The van der Waals surface area contributed by atoms with Crippen LogP contribution < -0.4 is 5.43 Å². The van der Waals surface area contributed by atoms with E-state index in [1.165, 1.54) is 5.56 Å². The van der Waals surface area contributed by atoms with E-state index in [-0.39, 0.29) is 0 Å². The molecule has 0 atom stereocenters. The first-order chi connectivity index (χ1) is 9.88. The van der Waals surface area contributed by atoms with Gasteiger partial charge in [-0.3, -0.25) is 10.4 Å². The molecule has 1 aromatic heterocycles. The second kappa shape index (κ2) is 9.50. The Labute approximate surface area is 121 Å². The highest BCUT2D eigenvalue weighted by Crippen LogP contribution is 2.10. The number of anilines is 1. The lowest BCUT2D eigenvalue weighted by Crippen LogP contribution is -1.90. The van der Waals surface area contributed by atoms with Gasteiger partial charge < -0.3 is 0 Å². The van der Waals surface area contributed by atoms with Crippen molar-refractivity contribution in [3.05, 3.63) is 66.0 Å². The molecule has 0 aliphatic heterocycles. The molecule has 3 heteroatoms. The van der Waals surface area contributed by atoms with Crippen LogP contribution in [0, 0.1) is 0 Å². The van der Waals surface area contributed by atoms with Gasteiger partial charge in [0.25, 0.3) is 0 Å². The summed E-state index contributed by atoms with van der Waals surface area (Å²) in [6.45, 7) is 6.01. The molecular weight excluding hydrogens is 246 g/mol. The number of rotatable bonds is 4. The molecule has 0 aliphatic rings. The van der Waals surface area contributed by atoms with E-state index in [0.717, 1.165) is 11.3 Å². The van der Waals surface area contributed by atoms with E-state index in [1.807, 2.05) is 63.2 Å². The highest BCUT2D eigenvalue weighted by molar-refractivity contribution is 5.79. The maximum Gasteiger partial charge on any atom is 0.0562 e. The Morgan fingerprint density at radius 3 is 2.20 bits per heavy atom. The van der Waals surface area contributed by atoms with E-state index in [0.29, 0.717) is 0 Å². The maximum absolute atomic E-state index is 4.17. The van der Waals surface area contributed by atoms with Crippen LogP contribution in [0.5, 0.6) is 0 Å². The first-order valence-electron chi connectivity index (χ1n) is 6.80. The normalized spacial score (nSPS) is 10.3. The van der Waals surface area contributed by atoms with Crippen LogP contribution in [-0.4, -0.2) is 11.2 Å². The van der Waals surface area contributed by atoms with Crippen molar-refractivity contribution in [2.75, 3.05) is 5.43 Å². The summed E-state index contributed by atoms with van der Waals surface area (Å²) in [7, 11) is 0. The standard InChI is InChI=1S/C15H15N3.C2H6/c1-2-3-13-4-6-15(7-5-13)18-17-12-14-8-10-16-11-9-14;1-2/h2-12,18H,1H3;1-2H3/b3-2+,17-12+;. The summed E-state index contributed by atoms with van der Waals surface area (Å²) in [5.41, 5.74) is 6.15. The van der Waals surface area contributed by atoms with E-state index in [1.54, 1.807) is 18.6 Å². The third kappa shape index (κ3) is 5.48. The Kier molecular flexibility index (Phi) is 7.43. The minimum atomic E-state index is 0.966. The molecule has 104 valence electrons. The van der Waals surface area contributed by atoms with Gasteiger partial charge in [0.2, 0.25) is 0 Å². The maximum atomic E-state index is 4.17.